The Morgan fingerprint density at radius 2 is 1.68 bits per heavy atom. The maximum absolute atomic E-state index is 12.3. The van der Waals surface area contributed by atoms with Crippen molar-refractivity contribution in [2.45, 2.75) is 25.7 Å². The molecular formula is C16H19NO5. The molecule has 0 bridgehead atoms. The number of rotatable bonds is 4. The third kappa shape index (κ3) is 3.63. The highest BCUT2D eigenvalue weighted by Gasteiger charge is 2.35. The van der Waals surface area contributed by atoms with Crippen LogP contribution in [0.1, 0.15) is 36.0 Å². The molecular weight excluding hydrogens is 286 g/mol. The number of methoxy groups -OCH3 is 1. The van der Waals surface area contributed by atoms with Crippen molar-refractivity contribution in [1.29, 1.82) is 0 Å². The van der Waals surface area contributed by atoms with E-state index in [4.69, 9.17) is 0 Å². The van der Waals surface area contributed by atoms with Gasteiger partial charge in [0.05, 0.1) is 24.5 Å². The van der Waals surface area contributed by atoms with Gasteiger partial charge < -0.3 is 15.2 Å². The molecule has 0 radical (unpaired) electrons. The zero-order chi connectivity index (χ0) is 16.1. The van der Waals surface area contributed by atoms with Crippen LogP contribution in [0.4, 0.5) is 5.69 Å². The molecule has 1 aliphatic rings. The van der Waals surface area contributed by atoms with E-state index in [-0.39, 0.29) is 5.91 Å². The molecule has 0 heterocycles. The lowest BCUT2D eigenvalue weighted by Crippen LogP contribution is -2.36. The minimum absolute atomic E-state index is 0.280. The van der Waals surface area contributed by atoms with E-state index in [9.17, 15) is 19.5 Å². The Hall–Kier alpha value is -2.37. The highest BCUT2D eigenvalue weighted by Crippen LogP contribution is 2.31. The van der Waals surface area contributed by atoms with Gasteiger partial charge in [-0.05, 0) is 37.1 Å². The summed E-state index contributed by atoms with van der Waals surface area (Å²) in [4.78, 5) is 34.9. The minimum atomic E-state index is -0.916. The number of hydrogen-bond donors (Lipinski definition) is 2. The van der Waals surface area contributed by atoms with Gasteiger partial charge in [0.15, 0.2) is 0 Å². The van der Waals surface area contributed by atoms with E-state index in [2.05, 4.69) is 10.1 Å². The SMILES string of the molecule is COC(=O)c1ccc(NC(=O)[C@H]2CCCC[C@@H]2C(=O)O)cc1. The van der Waals surface area contributed by atoms with Crippen molar-refractivity contribution in [3.8, 4) is 0 Å². The van der Waals surface area contributed by atoms with Crippen LogP contribution in [-0.2, 0) is 14.3 Å². The van der Waals surface area contributed by atoms with E-state index in [0.29, 0.717) is 24.1 Å². The maximum atomic E-state index is 12.3. The molecule has 0 saturated heterocycles. The van der Waals surface area contributed by atoms with Gasteiger partial charge in [0.1, 0.15) is 0 Å². The van der Waals surface area contributed by atoms with E-state index in [1.165, 1.54) is 7.11 Å². The van der Waals surface area contributed by atoms with Crippen molar-refractivity contribution < 1.29 is 24.2 Å². The normalized spacial score (nSPS) is 21.0. The van der Waals surface area contributed by atoms with Crippen molar-refractivity contribution >= 4 is 23.5 Å². The average Bonchev–Trinajstić information content (AvgIpc) is 2.54. The lowest BCUT2D eigenvalue weighted by Gasteiger charge is -2.27. The van der Waals surface area contributed by atoms with Gasteiger partial charge in [0, 0.05) is 5.69 Å². The van der Waals surface area contributed by atoms with Gasteiger partial charge in [-0.3, -0.25) is 9.59 Å². The second kappa shape index (κ2) is 7.06. The predicted octanol–water partition coefficient (Wildman–Crippen LogP) is 2.30. The number of aliphatic carboxylic acids is 1. The van der Waals surface area contributed by atoms with Gasteiger partial charge in [-0.15, -0.1) is 0 Å². The lowest BCUT2D eigenvalue weighted by molar-refractivity contribution is -0.147. The summed E-state index contributed by atoms with van der Waals surface area (Å²) in [6, 6.07) is 6.31. The second-order valence-corrected chi connectivity index (χ2v) is 5.39. The first kappa shape index (κ1) is 16.0. The monoisotopic (exact) mass is 305 g/mol. The fourth-order valence-electron chi connectivity index (χ4n) is 2.78. The molecule has 6 nitrogen and oxygen atoms in total. The zero-order valence-electron chi connectivity index (χ0n) is 12.4. The van der Waals surface area contributed by atoms with Crippen LogP contribution >= 0.6 is 0 Å². The maximum Gasteiger partial charge on any atom is 0.337 e. The highest BCUT2D eigenvalue weighted by atomic mass is 16.5. The summed E-state index contributed by atoms with van der Waals surface area (Å²) in [6.07, 6.45) is 2.83. The average molecular weight is 305 g/mol. The van der Waals surface area contributed by atoms with E-state index < -0.39 is 23.8 Å². The number of carboxylic acid groups (broad SMARTS) is 1. The Morgan fingerprint density at radius 1 is 1.09 bits per heavy atom. The molecule has 118 valence electrons. The number of anilines is 1. The van der Waals surface area contributed by atoms with E-state index >= 15 is 0 Å². The third-order valence-electron chi connectivity index (χ3n) is 3.99. The van der Waals surface area contributed by atoms with Crippen LogP contribution in [0.5, 0.6) is 0 Å². The standard InChI is InChI=1S/C16H19NO5/c1-22-16(21)10-6-8-11(9-7-10)17-14(18)12-4-2-3-5-13(12)15(19)20/h6-9,12-13H,2-5H2,1H3,(H,17,18)(H,19,20)/t12-,13-/m0/s1. The largest absolute Gasteiger partial charge is 0.481 e. The summed E-state index contributed by atoms with van der Waals surface area (Å²) in [5.41, 5.74) is 0.925. The Bertz CT molecular complexity index is 566. The quantitative estimate of drug-likeness (QED) is 0.833. The van der Waals surface area contributed by atoms with E-state index in [0.717, 1.165) is 12.8 Å². The number of benzene rings is 1. The summed E-state index contributed by atoms with van der Waals surface area (Å²) < 4.78 is 4.60. The second-order valence-electron chi connectivity index (χ2n) is 5.39. The Labute approximate surface area is 128 Å². The number of carbonyl (C=O) groups is 3. The molecule has 2 atom stereocenters. The molecule has 1 amide bonds. The molecule has 1 fully saturated rings. The fourth-order valence-corrected chi connectivity index (χ4v) is 2.78. The van der Waals surface area contributed by atoms with Crippen molar-refractivity contribution in [3.05, 3.63) is 29.8 Å². The minimum Gasteiger partial charge on any atom is -0.481 e. The smallest absolute Gasteiger partial charge is 0.337 e. The van der Waals surface area contributed by atoms with E-state index in [1.54, 1.807) is 24.3 Å². The van der Waals surface area contributed by atoms with Crippen molar-refractivity contribution in [3.63, 3.8) is 0 Å². The van der Waals surface area contributed by atoms with Gasteiger partial charge in [-0.25, -0.2) is 4.79 Å². The number of carboxylic acids is 1. The zero-order valence-corrected chi connectivity index (χ0v) is 12.4. The Kier molecular flexibility index (Phi) is 5.14. The van der Waals surface area contributed by atoms with Gasteiger partial charge >= 0.3 is 11.9 Å². The lowest BCUT2D eigenvalue weighted by atomic mass is 9.78. The number of nitrogens with one attached hydrogen (secondary N) is 1. The number of hydrogen-bond acceptors (Lipinski definition) is 4. The van der Waals surface area contributed by atoms with Crippen molar-refractivity contribution in [1.82, 2.24) is 0 Å². The Balaban J connectivity index is 2.04. The molecule has 1 aliphatic carbocycles. The molecule has 0 spiro atoms. The number of esters is 1. The number of amides is 1. The van der Waals surface area contributed by atoms with Gasteiger partial charge in [0.2, 0.25) is 5.91 Å². The summed E-state index contributed by atoms with van der Waals surface area (Å²) in [5.74, 6) is -2.77. The summed E-state index contributed by atoms with van der Waals surface area (Å²) >= 11 is 0. The van der Waals surface area contributed by atoms with E-state index in [1.807, 2.05) is 0 Å². The highest BCUT2D eigenvalue weighted by molar-refractivity contribution is 5.96. The molecule has 0 aromatic heterocycles. The van der Waals surface area contributed by atoms with Crippen LogP contribution in [-0.4, -0.2) is 30.1 Å². The molecule has 22 heavy (non-hydrogen) atoms. The van der Waals surface area contributed by atoms with Gasteiger partial charge in [-0.1, -0.05) is 12.8 Å². The first-order valence-corrected chi connectivity index (χ1v) is 7.25. The molecule has 1 saturated carbocycles. The predicted molar refractivity (Wildman–Crippen MR) is 79.5 cm³/mol. The fraction of sp³-hybridized carbons (Fsp3) is 0.438. The molecule has 2 N–H and O–H groups in total. The number of carbonyl (C=O) groups excluding carboxylic acids is 2. The van der Waals surface area contributed by atoms with Crippen molar-refractivity contribution in [2.24, 2.45) is 11.8 Å². The first-order valence-electron chi connectivity index (χ1n) is 7.25. The first-order chi connectivity index (χ1) is 10.5. The molecule has 1 aromatic carbocycles. The summed E-state index contributed by atoms with van der Waals surface area (Å²) in [7, 11) is 1.30. The van der Waals surface area contributed by atoms with Crippen LogP contribution in [0.15, 0.2) is 24.3 Å². The topological polar surface area (TPSA) is 92.7 Å². The molecule has 6 heteroatoms. The number of ether oxygens (including phenoxy) is 1. The van der Waals surface area contributed by atoms with Gasteiger partial charge in [0.25, 0.3) is 0 Å². The van der Waals surface area contributed by atoms with Crippen LogP contribution in [0.2, 0.25) is 0 Å². The third-order valence-corrected chi connectivity index (χ3v) is 3.99. The molecule has 0 aliphatic heterocycles. The summed E-state index contributed by atoms with van der Waals surface area (Å²) in [5, 5.41) is 11.9. The summed E-state index contributed by atoms with van der Waals surface area (Å²) in [6.45, 7) is 0. The van der Waals surface area contributed by atoms with Gasteiger partial charge in [-0.2, -0.15) is 0 Å². The molecule has 2 rings (SSSR count). The van der Waals surface area contributed by atoms with Crippen molar-refractivity contribution in [2.75, 3.05) is 12.4 Å². The van der Waals surface area contributed by atoms with Crippen LogP contribution < -0.4 is 5.32 Å². The molecule has 0 unspecified atom stereocenters. The molecule has 1 aromatic rings. The van der Waals surface area contributed by atoms with Crippen LogP contribution in [0.25, 0.3) is 0 Å². The van der Waals surface area contributed by atoms with Crippen LogP contribution in [0.3, 0.4) is 0 Å². The Morgan fingerprint density at radius 3 is 2.23 bits per heavy atom. The van der Waals surface area contributed by atoms with Crippen LogP contribution in [0, 0.1) is 11.8 Å².